The molecular formula is C17H11BrClN3. The quantitative estimate of drug-likeness (QED) is 0.501. The third-order valence-corrected chi connectivity index (χ3v) is 4.85. The molecule has 4 aromatic rings. The average Bonchev–Trinajstić information content (AvgIpc) is 2.90. The van der Waals surface area contributed by atoms with Crippen LogP contribution < -0.4 is 0 Å². The predicted octanol–water partition coefficient (Wildman–Crippen LogP) is 4.89. The maximum Gasteiger partial charge on any atom is 0.138 e. The summed E-state index contributed by atoms with van der Waals surface area (Å²) in [6.07, 6.45) is 6.47. The van der Waals surface area contributed by atoms with Gasteiger partial charge in [0.2, 0.25) is 0 Å². The molecule has 1 aromatic carbocycles. The fourth-order valence-corrected chi connectivity index (χ4v) is 3.07. The van der Waals surface area contributed by atoms with Crippen LogP contribution in [-0.4, -0.2) is 14.4 Å². The highest BCUT2D eigenvalue weighted by atomic mass is 79.9. The summed E-state index contributed by atoms with van der Waals surface area (Å²) in [4.78, 5) is 8.78. The molecule has 3 heterocycles. The van der Waals surface area contributed by atoms with Crippen molar-refractivity contribution in [3.05, 3.63) is 75.7 Å². The third-order valence-electron chi connectivity index (χ3n) is 3.68. The summed E-state index contributed by atoms with van der Waals surface area (Å²) in [6.45, 7) is 0. The summed E-state index contributed by atoms with van der Waals surface area (Å²) in [5.74, 6) is 0. The molecule has 22 heavy (non-hydrogen) atoms. The zero-order valence-corrected chi connectivity index (χ0v) is 13.8. The Morgan fingerprint density at radius 2 is 2.05 bits per heavy atom. The van der Waals surface area contributed by atoms with Crippen molar-refractivity contribution in [1.82, 2.24) is 14.4 Å². The Morgan fingerprint density at radius 1 is 1.14 bits per heavy atom. The first-order valence-corrected chi connectivity index (χ1v) is 8.02. The van der Waals surface area contributed by atoms with Crippen LogP contribution in [0, 0.1) is 0 Å². The lowest BCUT2D eigenvalue weighted by Crippen LogP contribution is -1.95. The number of benzene rings is 1. The molecule has 0 bridgehead atoms. The molecule has 0 saturated heterocycles. The molecule has 0 unspecified atom stereocenters. The summed E-state index contributed by atoms with van der Waals surface area (Å²) >= 11 is 9.58. The number of hydrogen-bond donors (Lipinski definition) is 0. The van der Waals surface area contributed by atoms with Crippen LogP contribution in [0.3, 0.4) is 0 Å². The second kappa shape index (κ2) is 5.38. The van der Waals surface area contributed by atoms with Crippen molar-refractivity contribution in [2.45, 2.75) is 6.42 Å². The first-order valence-electron chi connectivity index (χ1n) is 6.85. The molecule has 0 fully saturated rings. The van der Waals surface area contributed by atoms with Gasteiger partial charge in [-0.05, 0) is 39.7 Å². The van der Waals surface area contributed by atoms with Crippen molar-refractivity contribution in [2.75, 3.05) is 0 Å². The van der Waals surface area contributed by atoms with Crippen LogP contribution >= 0.6 is 27.5 Å². The van der Waals surface area contributed by atoms with Gasteiger partial charge in [-0.15, -0.1) is 0 Å². The van der Waals surface area contributed by atoms with Crippen LogP contribution in [0.1, 0.15) is 11.3 Å². The molecule has 0 aliphatic heterocycles. The first kappa shape index (κ1) is 13.7. The van der Waals surface area contributed by atoms with E-state index in [0.29, 0.717) is 5.02 Å². The average molecular weight is 373 g/mol. The van der Waals surface area contributed by atoms with Crippen LogP contribution in [0.15, 0.2) is 59.5 Å². The van der Waals surface area contributed by atoms with Gasteiger partial charge in [-0.1, -0.05) is 23.7 Å². The van der Waals surface area contributed by atoms with Crippen LogP contribution in [-0.2, 0) is 6.42 Å². The fraction of sp³-hybridized carbons (Fsp3) is 0.0588. The van der Waals surface area contributed by atoms with Gasteiger partial charge in [0, 0.05) is 42.2 Å². The largest absolute Gasteiger partial charge is 0.303 e. The molecule has 3 nitrogen and oxygen atoms in total. The highest BCUT2D eigenvalue weighted by Gasteiger charge is 2.08. The molecule has 108 valence electrons. The van der Waals surface area contributed by atoms with Crippen LogP contribution in [0.2, 0.25) is 5.02 Å². The lowest BCUT2D eigenvalue weighted by Gasteiger charge is -2.05. The molecule has 5 heteroatoms. The van der Waals surface area contributed by atoms with E-state index in [1.165, 1.54) is 5.56 Å². The highest BCUT2D eigenvalue weighted by molar-refractivity contribution is 9.10. The third kappa shape index (κ3) is 2.38. The van der Waals surface area contributed by atoms with E-state index >= 15 is 0 Å². The molecule has 0 amide bonds. The Hall–Kier alpha value is -1.91. The number of imidazole rings is 1. The summed E-state index contributed by atoms with van der Waals surface area (Å²) in [5.41, 5.74) is 4.22. The Morgan fingerprint density at radius 3 is 2.95 bits per heavy atom. The summed E-state index contributed by atoms with van der Waals surface area (Å²) in [6, 6.07) is 12.2. The SMILES string of the molecule is Clc1cc2ncc(Cc3ccc4ncccc4c3)n2cc1Br. The van der Waals surface area contributed by atoms with E-state index in [0.717, 1.165) is 33.1 Å². The normalized spacial score (nSPS) is 11.4. The van der Waals surface area contributed by atoms with Crippen molar-refractivity contribution in [3.63, 3.8) is 0 Å². The van der Waals surface area contributed by atoms with E-state index in [2.05, 4.69) is 54.6 Å². The van der Waals surface area contributed by atoms with Crippen molar-refractivity contribution in [1.29, 1.82) is 0 Å². The molecule has 0 atom stereocenters. The maximum absolute atomic E-state index is 6.12. The van der Waals surface area contributed by atoms with Gasteiger partial charge in [0.25, 0.3) is 0 Å². The fourth-order valence-electron chi connectivity index (χ4n) is 2.60. The molecule has 0 spiro atoms. The van der Waals surface area contributed by atoms with Gasteiger partial charge in [0.1, 0.15) is 5.65 Å². The predicted molar refractivity (Wildman–Crippen MR) is 92.5 cm³/mol. The zero-order valence-electron chi connectivity index (χ0n) is 11.5. The van der Waals surface area contributed by atoms with Crippen molar-refractivity contribution in [3.8, 4) is 0 Å². The zero-order chi connectivity index (χ0) is 15.1. The Balaban J connectivity index is 1.77. The second-order valence-corrected chi connectivity index (χ2v) is 6.42. The number of aromatic nitrogens is 3. The Kier molecular flexibility index (Phi) is 3.36. The molecular weight excluding hydrogens is 362 g/mol. The number of rotatable bonds is 2. The van der Waals surface area contributed by atoms with E-state index in [-0.39, 0.29) is 0 Å². The minimum Gasteiger partial charge on any atom is -0.303 e. The monoisotopic (exact) mass is 371 g/mol. The summed E-state index contributed by atoms with van der Waals surface area (Å²) in [7, 11) is 0. The molecule has 0 saturated carbocycles. The number of fused-ring (bicyclic) bond motifs is 2. The highest BCUT2D eigenvalue weighted by Crippen LogP contribution is 2.25. The summed E-state index contributed by atoms with van der Waals surface area (Å²) in [5, 5.41) is 1.82. The van der Waals surface area contributed by atoms with E-state index in [9.17, 15) is 0 Å². The molecule has 0 radical (unpaired) electrons. The van der Waals surface area contributed by atoms with Gasteiger partial charge < -0.3 is 4.40 Å². The minimum absolute atomic E-state index is 0.668. The number of halogens is 2. The lowest BCUT2D eigenvalue weighted by molar-refractivity contribution is 1.02. The van der Waals surface area contributed by atoms with E-state index < -0.39 is 0 Å². The van der Waals surface area contributed by atoms with E-state index in [1.807, 2.05) is 30.7 Å². The maximum atomic E-state index is 6.12. The first-order chi connectivity index (χ1) is 10.7. The Bertz CT molecular complexity index is 994. The van der Waals surface area contributed by atoms with Crippen LogP contribution in [0.4, 0.5) is 0 Å². The Labute approximate surface area is 140 Å². The van der Waals surface area contributed by atoms with Gasteiger partial charge in [-0.3, -0.25) is 4.98 Å². The topological polar surface area (TPSA) is 30.2 Å². The van der Waals surface area contributed by atoms with Gasteiger partial charge in [-0.25, -0.2) is 4.98 Å². The minimum atomic E-state index is 0.668. The van der Waals surface area contributed by atoms with E-state index in [1.54, 1.807) is 0 Å². The van der Waals surface area contributed by atoms with Crippen LogP contribution in [0.5, 0.6) is 0 Å². The van der Waals surface area contributed by atoms with Crippen molar-refractivity contribution in [2.24, 2.45) is 0 Å². The second-order valence-electron chi connectivity index (χ2n) is 5.15. The number of nitrogens with zero attached hydrogens (tertiary/aromatic N) is 3. The van der Waals surface area contributed by atoms with Gasteiger partial charge >= 0.3 is 0 Å². The van der Waals surface area contributed by atoms with Crippen molar-refractivity contribution >= 4 is 44.1 Å². The van der Waals surface area contributed by atoms with Crippen molar-refractivity contribution < 1.29 is 0 Å². The van der Waals surface area contributed by atoms with E-state index in [4.69, 9.17) is 11.6 Å². The number of hydrogen-bond acceptors (Lipinski definition) is 2. The molecule has 0 N–H and O–H groups in total. The standard InChI is InChI=1S/C17H11BrClN3/c18-14-10-22-13(9-21-17(22)8-15(14)19)7-11-3-4-16-12(6-11)2-1-5-20-16/h1-6,8-10H,7H2. The summed E-state index contributed by atoms with van der Waals surface area (Å²) < 4.78 is 2.92. The molecule has 0 aliphatic carbocycles. The lowest BCUT2D eigenvalue weighted by atomic mass is 10.1. The van der Waals surface area contributed by atoms with Gasteiger partial charge in [0.15, 0.2) is 0 Å². The smallest absolute Gasteiger partial charge is 0.138 e. The van der Waals surface area contributed by atoms with Gasteiger partial charge in [-0.2, -0.15) is 0 Å². The van der Waals surface area contributed by atoms with Crippen LogP contribution in [0.25, 0.3) is 16.6 Å². The number of pyridine rings is 2. The van der Waals surface area contributed by atoms with Gasteiger partial charge in [0.05, 0.1) is 15.0 Å². The molecule has 0 aliphatic rings. The molecule has 4 rings (SSSR count). The molecule has 3 aromatic heterocycles.